The maximum atomic E-state index is 11.5. The third kappa shape index (κ3) is 3.09. The lowest BCUT2D eigenvalue weighted by molar-refractivity contribution is -0.383. The van der Waals surface area contributed by atoms with Gasteiger partial charge in [-0.1, -0.05) is 30.3 Å². The van der Waals surface area contributed by atoms with Crippen molar-refractivity contribution in [1.29, 1.82) is 0 Å². The van der Waals surface area contributed by atoms with Crippen molar-refractivity contribution in [3.8, 4) is 0 Å². The molecule has 146 valence electrons. The molecule has 0 saturated carbocycles. The molecular formula is C24H23N3O2. The zero-order valence-corrected chi connectivity index (χ0v) is 16.6. The lowest BCUT2D eigenvalue weighted by Crippen LogP contribution is -2.23. The van der Waals surface area contributed by atoms with E-state index in [9.17, 15) is 10.1 Å². The van der Waals surface area contributed by atoms with Gasteiger partial charge in [0, 0.05) is 31.1 Å². The van der Waals surface area contributed by atoms with Crippen LogP contribution in [0, 0.1) is 10.1 Å². The molecular weight excluding hydrogens is 362 g/mol. The van der Waals surface area contributed by atoms with Crippen LogP contribution >= 0.6 is 0 Å². The van der Waals surface area contributed by atoms with Gasteiger partial charge in [-0.15, -0.1) is 0 Å². The van der Waals surface area contributed by atoms with Crippen molar-refractivity contribution < 1.29 is 4.92 Å². The normalized spacial score (nSPS) is 17.7. The number of rotatable bonds is 6. The Morgan fingerprint density at radius 3 is 2.24 bits per heavy atom. The van der Waals surface area contributed by atoms with E-state index in [0.717, 1.165) is 29.6 Å². The first kappa shape index (κ1) is 18.9. The molecule has 0 amide bonds. The van der Waals surface area contributed by atoms with E-state index in [2.05, 4.69) is 49.1 Å². The molecule has 29 heavy (non-hydrogen) atoms. The predicted molar refractivity (Wildman–Crippen MR) is 119 cm³/mol. The van der Waals surface area contributed by atoms with Gasteiger partial charge in [0.25, 0.3) is 5.69 Å². The Labute approximate surface area is 170 Å². The van der Waals surface area contributed by atoms with Crippen LogP contribution in [0.15, 0.2) is 77.8 Å². The van der Waals surface area contributed by atoms with E-state index in [1.807, 2.05) is 30.3 Å². The second kappa shape index (κ2) is 7.51. The average Bonchev–Trinajstić information content (AvgIpc) is 3.25. The Bertz CT molecular complexity index is 1100. The largest absolute Gasteiger partial charge is 0.372 e. The van der Waals surface area contributed by atoms with Crippen LogP contribution in [0.4, 0.5) is 11.4 Å². The zero-order chi connectivity index (χ0) is 20.4. The van der Waals surface area contributed by atoms with Gasteiger partial charge >= 0.3 is 0 Å². The van der Waals surface area contributed by atoms with Gasteiger partial charge in [-0.25, -0.2) is 0 Å². The Balaban J connectivity index is 1.90. The van der Waals surface area contributed by atoms with Crippen LogP contribution in [0.3, 0.4) is 0 Å². The third-order valence-corrected chi connectivity index (χ3v) is 5.65. The molecule has 1 heterocycles. The molecule has 3 aromatic rings. The van der Waals surface area contributed by atoms with Gasteiger partial charge in [-0.2, -0.15) is 0 Å². The van der Waals surface area contributed by atoms with Gasteiger partial charge < -0.3 is 4.90 Å². The predicted octanol–water partition coefficient (Wildman–Crippen LogP) is 5.48. The molecule has 1 atom stereocenters. The quantitative estimate of drug-likeness (QED) is 0.417. The van der Waals surface area contributed by atoms with E-state index in [1.54, 1.807) is 18.3 Å². The van der Waals surface area contributed by atoms with Crippen molar-refractivity contribution in [3.05, 3.63) is 94.1 Å². The van der Waals surface area contributed by atoms with Crippen molar-refractivity contribution in [2.75, 3.05) is 18.0 Å². The SMILES string of the molecule is CCN(CC)c1ccc(C2(c3ccc([N+](=O)[O-])c4ccccc34)C=CC=N2)cc1. The smallest absolute Gasteiger partial charge is 0.277 e. The molecule has 5 nitrogen and oxygen atoms in total. The van der Waals surface area contributed by atoms with Gasteiger partial charge in [0.05, 0.1) is 10.3 Å². The number of nitro benzene ring substituents is 1. The molecule has 0 bridgehead atoms. The molecule has 0 spiro atoms. The first-order valence-corrected chi connectivity index (χ1v) is 9.86. The fourth-order valence-electron chi connectivity index (χ4n) is 4.16. The average molecular weight is 385 g/mol. The monoisotopic (exact) mass is 385 g/mol. The number of hydrogen-bond donors (Lipinski definition) is 0. The maximum absolute atomic E-state index is 11.5. The summed E-state index contributed by atoms with van der Waals surface area (Å²) in [5, 5.41) is 13.0. The molecule has 1 aliphatic heterocycles. The molecule has 3 aromatic carbocycles. The highest BCUT2D eigenvalue weighted by molar-refractivity contribution is 5.95. The molecule has 1 aliphatic rings. The molecule has 5 heteroatoms. The second-order valence-electron chi connectivity index (χ2n) is 7.06. The van der Waals surface area contributed by atoms with Crippen LogP contribution in [0.1, 0.15) is 25.0 Å². The molecule has 0 aliphatic carbocycles. The topological polar surface area (TPSA) is 58.7 Å². The van der Waals surface area contributed by atoms with Gasteiger partial charge in [0.15, 0.2) is 0 Å². The van der Waals surface area contributed by atoms with Crippen molar-refractivity contribution in [3.63, 3.8) is 0 Å². The number of hydrogen-bond acceptors (Lipinski definition) is 4. The van der Waals surface area contributed by atoms with Gasteiger partial charge in [0.2, 0.25) is 0 Å². The third-order valence-electron chi connectivity index (χ3n) is 5.65. The summed E-state index contributed by atoms with van der Waals surface area (Å²) in [6, 6.07) is 19.4. The molecule has 0 saturated heterocycles. The number of allylic oxidation sites excluding steroid dienone is 1. The number of aliphatic imine (C=N–C) groups is 1. The first-order chi connectivity index (χ1) is 14.1. The van der Waals surface area contributed by atoms with Crippen LogP contribution in [0.5, 0.6) is 0 Å². The van der Waals surface area contributed by atoms with E-state index >= 15 is 0 Å². The molecule has 0 fully saturated rings. The summed E-state index contributed by atoms with van der Waals surface area (Å²) in [5.41, 5.74) is 2.59. The number of nitro groups is 1. The van der Waals surface area contributed by atoms with E-state index in [4.69, 9.17) is 4.99 Å². The van der Waals surface area contributed by atoms with Crippen LogP contribution in [0.25, 0.3) is 10.8 Å². The molecule has 0 radical (unpaired) electrons. The fourth-order valence-corrected chi connectivity index (χ4v) is 4.16. The minimum Gasteiger partial charge on any atom is -0.372 e. The van der Waals surface area contributed by atoms with Crippen LogP contribution in [0.2, 0.25) is 0 Å². The van der Waals surface area contributed by atoms with E-state index < -0.39 is 5.54 Å². The molecule has 0 aromatic heterocycles. The minimum atomic E-state index is -0.684. The van der Waals surface area contributed by atoms with Crippen molar-refractivity contribution in [1.82, 2.24) is 0 Å². The number of fused-ring (bicyclic) bond motifs is 1. The van der Waals surface area contributed by atoms with Crippen LogP contribution < -0.4 is 4.90 Å². The van der Waals surface area contributed by atoms with E-state index in [0.29, 0.717) is 5.39 Å². The minimum absolute atomic E-state index is 0.113. The summed E-state index contributed by atoms with van der Waals surface area (Å²) in [5.74, 6) is 0. The van der Waals surface area contributed by atoms with E-state index in [1.165, 1.54) is 5.69 Å². The summed E-state index contributed by atoms with van der Waals surface area (Å²) < 4.78 is 0. The maximum Gasteiger partial charge on any atom is 0.277 e. The standard InChI is InChI=1S/C24H23N3O2/c1-3-26(4-2)19-12-10-18(11-13-19)24(16-7-17-25-24)22-14-15-23(27(28)29)21-9-6-5-8-20(21)22/h5-17H,3-4H2,1-2H3. The summed E-state index contributed by atoms with van der Waals surface area (Å²) in [7, 11) is 0. The lowest BCUT2D eigenvalue weighted by Gasteiger charge is -2.28. The van der Waals surface area contributed by atoms with Gasteiger partial charge in [-0.05, 0) is 66.8 Å². The summed E-state index contributed by atoms with van der Waals surface area (Å²) in [6.07, 6.45) is 5.80. The van der Waals surface area contributed by atoms with Crippen LogP contribution in [-0.4, -0.2) is 24.2 Å². The number of anilines is 1. The van der Waals surface area contributed by atoms with Gasteiger partial charge in [0.1, 0.15) is 5.54 Å². The lowest BCUT2D eigenvalue weighted by atomic mass is 9.81. The Morgan fingerprint density at radius 2 is 1.66 bits per heavy atom. The summed E-state index contributed by atoms with van der Waals surface area (Å²) >= 11 is 0. The Hall–Kier alpha value is -3.47. The van der Waals surface area contributed by atoms with Crippen molar-refractivity contribution in [2.24, 2.45) is 4.99 Å². The van der Waals surface area contributed by atoms with Crippen LogP contribution in [-0.2, 0) is 5.54 Å². The number of benzene rings is 3. The highest BCUT2D eigenvalue weighted by atomic mass is 16.6. The highest BCUT2D eigenvalue weighted by Crippen LogP contribution is 2.43. The highest BCUT2D eigenvalue weighted by Gasteiger charge is 2.35. The Morgan fingerprint density at radius 1 is 0.966 bits per heavy atom. The summed E-state index contributed by atoms with van der Waals surface area (Å²) in [4.78, 5) is 18.3. The molecule has 0 N–H and O–H groups in total. The zero-order valence-electron chi connectivity index (χ0n) is 16.6. The number of non-ortho nitro benzene ring substituents is 1. The van der Waals surface area contributed by atoms with Crippen molar-refractivity contribution >= 4 is 28.4 Å². The number of nitrogens with zero attached hydrogens (tertiary/aromatic N) is 3. The summed E-state index contributed by atoms with van der Waals surface area (Å²) in [6.45, 7) is 6.19. The van der Waals surface area contributed by atoms with Gasteiger partial charge in [-0.3, -0.25) is 15.1 Å². The first-order valence-electron chi connectivity index (χ1n) is 9.86. The molecule has 1 unspecified atom stereocenters. The molecule has 4 rings (SSSR count). The van der Waals surface area contributed by atoms with Crippen molar-refractivity contribution in [2.45, 2.75) is 19.4 Å². The van der Waals surface area contributed by atoms with E-state index in [-0.39, 0.29) is 10.6 Å². The Kier molecular flexibility index (Phi) is 4.89. The second-order valence-corrected chi connectivity index (χ2v) is 7.06. The fraction of sp³-hybridized carbons (Fsp3) is 0.208.